The molecule has 0 saturated heterocycles. The molecule has 0 fully saturated rings. The van der Waals surface area contributed by atoms with Gasteiger partial charge in [-0.2, -0.15) is 5.10 Å². The van der Waals surface area contributed by atoms with Crippen LogP contribution in [0, 0.1) is 0 Å². The van der Waals surface area contributed by atoms with Crippen LogP contribution in [-0.4, -0.2) is 22.3 Å². The molecule has 0 saturated carbocycles. The average Bonchev–Trinajstić information content (AvgIpc) is 3.20. The zero-order valence-electron chi connectivity index (χ0n) is 14.5. The third kappa shape index (κ3) is 3.53. The average molecular weight is 347 g/mol. The third-order valence-corrected chi connectivity index (χ3v) is 4.69. The molecule has 26 heavy (non-hydrogen) atoms. The molecule has 5 nitrogen and oxygen atoms in total. The zero-order valence-corrected chi connectivity index (χ0v) is 14.5. The summed E-state index contributed by atoms with van der Waals surface area (Å²) in [5.74, 6) is -0.0916. The lowest BCUT2D eigenvalue weighted by molar-refractivity contribution is -0.134. The van der Waals surface area contributed by atoms with Gasteiger partial charge in [-0.3, -0.25) is 9.48 Å². The van der Waals surface area contributed by atoms with Crippen LogP contribution in [0.1, 0.15) is 28.4 Å². The summed E-state index contributed by atoms with van der Waals surface area (Å²) in [6.07, 6.45) is 4.02. The summed E-state index contributed by atoms with van der Waals surface area (Å²) in [6.45, 7) is 1.73. The number of carbonyl (C=O) groups excluding carboxylic acids is 1. The van der Waals surface area contributed by atoms with Gasteiger partial charge in [-0.25, -0.2) is 0 Å². The molecule has 0 bridgehead atoms. The van der Waals surface area contributed by atoms with Gasteiger partial charge in [0.1, 0.15) is 0 Å². The number of amides is 1. The lowest BCUT2D eigenvalue weighted by Crippen LogP contribution is -2.33. The number of hydrogen-bond acceptors (Lipinski definition) is 3. The fraction of sp³-hybridized carbons (Fsp3) is 0.238. The van der Waals surface area contributed by atoms with E-state index in [4.69, 9.17) is 4.74 Å². The summed E-state index contributed by atoms with van der Waals surface area (Å²) in [6, 6.07) is 18.0. The van der Waals surface area contributed by atoms with Crippen molar-refractivity contribution >= 4 is 5.91 Å². The first-order valence-electron chi connectivity index (χ1n) is 8.82. The molecule has 0 radical (unpaired) electrons. The van der Waals surface area contributed by atoms with Crippen molar-refractivity contribution in [2.24, 2.45) is 0 Å². The number of fused-ring (bicyclic) bond motifs is 1. The predicted octanol–water partition coefficient (Wildman–Crippen LogP) is 2.86. The van der Waals surface area contributed by atoms with Crippen LogP contribution in [-0.2, 0) is 29.0 Å². The Balaban J connectivity index is 1.46. The van der Waals surface area contributed by atoms with Gasteiger partial charge in [-0.05, 0) is 34.7 Å². The Morgan fingerprint density at radius 1 is 1.12 bits per heavy atom. The minimum atomic E-state index is -0.529. The number of ether oxygens (including phenoxy) is 1. The molecule has 0 unspecified atom stereocenters. The number of aromatic nitrogens is 2. The van der Waals surface area contributed by atoms with E-state index < -0.39 is 6.10 Å². The number of carbonyl (C=O) groups is 1. The van der Waals surface area contributed by atoms with Gasteiger partial charge < -0.3 is 10.1 Å². The van der Waals surface area contributed by atoms with Crippen LogP contribution in [0.2, 0.25) is 0 Å². The molecule has 0 aliphatic carbocycles. The molecule has 2 aromatic carbocycles. The van der Waals surface area contributed by atoms with Gasteiger partial charge in [0.05, 0.1) is 13.2 Å². The highest BCUT2D eigenvalue weighted by Crippen LogP contribution is 2.27. The predicted molar refractivity (Wildman–Crippen MR) is 98.5 cm³/mol. The van der Waals surface area contributed by atoms with E-state index in [1.54, 1.807) is 6.20 Å². The van der Waals surface area contributed by atoms with Crippen molar-refractivity contribution in [2.45, 2.75) is 25.6 Å². The maximum Gasteiger partial charge on any atom is 0.254 e. The number of nitrogens with one attached hydrogen (secondary N) is 1. The minimum absolute atomic E-state index is 0.0916. The van der Waals surface area contributed by atoms with Crippen LogP contribution in [0.5, 0.6) is 0 Å². The Labute approximate surface area is 152 Å². The molecule has 1 aromatic heterocycles. The van der Waals surface area contributed by atoms with Crippen LogP contribution in [0.3, 0.4) is 0 Å². The van der Waals surface area contributed by atoms with E-state index in [-0.39, 0.29) is 5.91 Å². The highest BCUT2D eigenvalue weighted by atomic mass is 16.5. The normalized spacial score (nSPS) is 16.1. The Bertz CT molecular complexity index is 890. The van der Waals surface area contributed by atoms with E-state index in [1.165, 1.54) is 5.56 Å². The van der Waals surface area contributed by atoms with Gasteiger partial charge in [-0.15, -0.1) is 0 Å². The fourth-order valence-electron chi connectivity index (χ4n) is 3.34. The summed E-state index contributed by atoms with van der Waals surface area (Å²) in [5, 5.41) is 7.29. The Morgan fingerprint density at radius 2 is 1.92 bits per heavy atom. The molecule has 132 valence electrons. The van der Waals surface area contributed by atoms with E-state index >= 15 is 0 Å². The van der Waals surface area contributed by atoms with Crippen molar-refractivity contribution in [3.8, 4) is 0 Å². The van der Waals surface area contributed by atoms with Gasteiger partial charge in [0.25, 0.3) is 5.91 Å². The zero-order chi connectivity index (χ0) is 17.8. The lowest BCUT2D eigenvalue weighted by atomic mass is 9.97. The molecule has 1 aliphatic rings. The van der Waals surface area contributed by atoms with E-state index in [0.717, 1.165) is 23.1 Å². The quantitative estimate of drug-likeness (QED) is 0.772. The molecule has 1 atom stereocenters. The van der Waals surface area contributed by atoms with E-state index in [2.05, 4.69) is 22.5 Å². The first-order valence-corrected chi connectivity index (χ1v) is 8.82. The second-order valence-electron chi connectivity index (χ2n) is 6.39. The van der Waals surface area contributed by atoms with Crippen molar-refractivity contribution in [3.05, 3.63) is 89.2 Å². The highest BCUT2D eigenvalue weighted by molar-refractivity contribution is 5.82. The first-order chi connectivity index (χ1) is 12.8. The smallest absolute Gasteiger partial charge is 0.254 e. The van der Waals surface area contributed by atoms with E-state index in [1.807, 2.05) is 53.3 Å². The van der Waals surface area contributed by atoms with Crippen LogP contribution in [0.4, 0.5) is 0 Å². The summed E-state index contributed by atoms with van der Waals surface area (Å²) in [4.78, 5) is 12.7. The number of benzene rings is 2. The topological polar surface area (TPSA) is 56.2 Å². The summed E-state index contributed by atoms with van der Waals surface area (Å²) < 4.78 is 7.62. The standard InChI is InChI=1S/C21H21N3O2/c25-21(20-19-9-4-3-6-16(19)10-13-26-20)22-14-17-7-1-2-8-18(17)15-24-12-5-11-23-24/h1-9,11-12,20H,10,13-15H2,(H,22,25)/t20-/m0/s1. The molecule has 5 heteroatoms. The Morgan fingerprint density at radius 3 is 2.77 bits per heavy atom. The minimum Gasteiger partial charge on any atom is -0.363 e. The van der Waals surface area contributed by atoms with Crippen LogP contribution in [0.25, 0.3) is 0 Å². The van der Waals surface area contributed by atoms with Crippen molar-refractivity contribution in [1.82, 2.24) is 15.1 Å². The first kappa shape index (κ1) is 16.5. The van der Waals surface area contributed by atoms with E-state index in [0.29, 0.717) is 19.7 Å². The summed E-state index contributed by atoms with van der Waals surface area (Å²) in [7, 11) is 0. The van der Waals surface area contributed by atoms with Gasteiger partial charge in [0.2, 0.25) is 0 Å². The van der Waals surface area contributed by atoms with Crippen LogP contribution < -0.4 is 5.32 Å². The van der Waals surface area contributed by atoms with Crippen LogP contribution in [0.15, 0.2) is 67.0 Å². The van der Waals surface area contributed by atoms with Crippen molar-refractivity contribution in [3.63, 3.8) is 0 Å². The molecule has 1 amide bonds. The summed E-state index contributed by atoms with van der Waals surface area (Å²) >= 11 is 0. The lowest BCUT2D eigenvalue weighted by Gasteiger charge is -2.25. The second kappa shape index (κ2) is 7.54. The SMILES string of the molecule is O=C(NCc1ccccc1Cn1cccn1)[C@H]1OCCc2ccccc21. The second-order valence-corrected chi connectivity index (χ2v) is 6.39. The molecule has 0 spiro atoms. The van der Waals surface area contributed by atoms with Gasteiger partial charge in [-0.1, -0.05) is 48.5 Å². The third-order valence-electron chi connectivity index (χ3n) is 4.69. The van der Waals surface area contributed by atoms with E-state index in [9.17, 15) is 4.79 Å². The van der Waals surface area contributed by atoms with Crippen molar-refractivity contribution < 1.29 is 9.53 Å². The Hall–Kier alpha value is -2.92. The maximum atomic E-state index is 12.7. The fourth-order valence-corrected chi connectivity index (χ4v) is 3.34. The monoisotopic (exact) mass is 347 g/mol. The number of rotatable bonds is 5. The Kier molecular flexibility index (Phi) is 4.80. The van der Waals surface area contributed by atoms with Crippen molar-refractivity contribution in [2.75, 3.05) is 6.61 Å². The maximum absolute atomic E-state index is 12.7. The van der Waals surface area contributed by atoms with Gasteiger partial charge >= 0.3 is 0 Å². The van der Waals surface area contributed by atoms with Gasteiger partial charge in [0.15, 0.2) is 6.10 Å². The molecular weight excluding hydrogens is 326 g/mol. The molecule has 4 rings (SSSR count). The molecule has 1 aliphatic heterocycles. The van der Waals surface area contributed by atoms with Crippen molar-refractivity contribution in [1.29, 1.82) is 0 Å². The molecule has 2 heterocycles. The van der Waals surface area contributed by atoms with Crippen LogP contribution >= 0.6 is 0 Å². The number of hydrogen-bond donors (Lipinski definition) is 1. The molecular formula is C21H21N3O2. The highest BCUT2D eigenvalue weighted by Gasteiger charge is 2.26. The molecule has 1 N–H and O–H groups in total. The molecule has 3 aromatic rings. The largest absolute Gasteiger partial charge is 0.363 e. The summed E-state index contributed by atoms with van der Waals surface area (Å²) in [5.41, 5.74) is 4.39. The van der Waals surface area contributed by atoms with Gasteiger partial charge in [0, 0.05) is 18.9 Å². The number of nitrogens with zero attached hydrogens (tertiary/aromatic N) is 2.